The second-order valence-electron chi connectivity index (χ2n) is 4.04. The number of alkyl halides is 3. The molecule has 0 aromatic heterocycles. The quantitative estimate of drug-likeness (QED) is 0.915. The molecule has 1 N–H and O–H groups in total. The predicted molar refractivity (Wildman–Crippen MR) is 61.7 cm³/mol. The lowest BCUT2D eigenvalue weighted by molar-refractivity contribution is -0.125. The minimum absolute atomic E-state index is 0.0759. The van der Waals surface area contributed by atoms with Crippen molar-refractivity contribution in [2.24, 2.45) is 0 Å². The Balaban J connectivity index is 2.09. The number of ether oxygens (including phenoxy) is 3. The van der Waals surface area contributed by atoms with E-state index in [0.29, 0.717) is 36.0 Å². The van der Waals surface area contributed by atoms with Crippen LogP contribution in [-0.4, -0.2) is 33.0 Å². The predicted octanol–water partition coefficient (Wildman–Crippen LogP) is 2.12. The molecule has 0 fully saturated rings. The van der Waals surface area contributed by atoms with Crippen molar-refractivity contribution in [3.63, 3.8) is 0 Å². The van der Waals surface area contributed by atoms with Gasteiger partial charge in [-0.25, -0.2) is 0 Å². The number of nitrogens with one attached hydrogen (secondary N) is 1. The van der Waals surface area contributed by atoms with Crippen molar-refractivity contribution in [2.45, 2.75) is 12.7 Å². The smallest absolute Gasteiger partial charge is 0.401 e. The lowest BCUT2D eigenvalue weighted by atomic mass is 10.1. The van der Waals surface area contributed by atoms with Gasteiger partial charge in [0, 0.05) is 6.54 Å². The Morgan fingerprint density at radius 1 is 1.26 bits per heavy atom. The van der Waals surface area contributed by atoms with Crippen molar-refractivity contribution in [1.82, 2.24) is 5.32 Å². The zero-order valence-corrected chi connectivity index (χ0v) is 10.3. The highest BCUT2D eigenvalue weighted by Crippen LogP contribution is 2.40. The summed E-state index contributed by atoms with van der Waals surface area (Å²) in [6.45, 7) is -0.124. The maximum absolute atomic E-state index is 12.0. The summed E-state index contributed by atoms with van der Waals surface area (Å²) >= 11 is 0. The molecule has 19 heavy (non-hydrogen) atoms. The average Bonchev–Trinajstić information content (AvgIpc) is 2.36. The first-order valence-electron chi connectivity index (χ1n) is 5.73. The van der Waals surface area contributed by atoms with Gasteiger partial charge in [-0.15, -0.1) is 0 Å². The van der Waals surface area contributed by atoms with E-state index in [2.05, 4.69) is 5.32 Å². The van der Waals surface area contributed by atoms with Gasteiger partial charge in [-0.05, 0) is 17.7 Å². The number of rotatable bonds is 4. The first kappa shape index (κ1) is 13.8. The number of fused-ring (bicyclic) bond motifs is 1. The van der Waals surface area contributed by atoms with Gasteiger partial charge >= 0.3 is 6.18 Å². The third-order valence-corrected chi connectivity index (χ3v) is 2.54. The number of halogens is 3. The summed E-state index contributed by atoms with van der Waals surface area (Å²) in [5.74, 6) is 1.45. The van der Waals surface area contributed by atoms with E-state index < -0.39 is 12.7 Å². The van der Waals surface area contributed by atoms with Gasteiger partial charge in [-0.1, -0.05) is 0 Å². The molecule has 0 spiro atoms. The van der Waals surface area contributed by atoms with Gasteiger partial charge in [0.2, 0.25) is 5.75 Å². The van der Waals surface area contributed by atoms with Crippen LogP contribution in [0.3, 0.4) is 0 Å². The summed E-state index contributed by atoms with van der Waals surface area (Å²) in [6, 6.07) is 3.29. The van der Waals surface area contributed by atoms with Gasteiger partial charge in [0.15, 0.2) is 11.5 Å². The van der Waals surface area contributed by atoms with Gasteiger partial charge in [-0.2, -0.15) is 13.2 Å². The summed E-state index contributed by atoms with van der Waals surface area (Å²) in [5.41, 5.74) is 0.644. The molecule has 0 atom stereocenters. The van der Waals surface area contributed by atoms with Gasteiger partial charge < -0.3 is 19.5 Å². The van der Waals surface area contributed by atoms with Crippen LogP contribution in [0.2, 0.25) is 0 Å². The molecule has 1 aromatic carbocycles. The topological polar surface area (TPSA) is 39.7 Å². The molecule has 0 bridgehead atoms. The molecule has 0 radical (unpaired) electrons. The van der Waals surface area contributed by atoms with E-state index in [-0.39, 0.29) is 6.54 Å². The van der Waals surface area contributed by atoms with Crippen molar-refractivity contribution in [1.29, 1.82) is 0 Å². The number of hydrogen-bond donors (Lipinski definition) is 1. The second-order valence-corrected chi connectivity index (χ2v) is 4.04. The van der Waals surface area contributed by atoms with E-state index >= 15 is 0 Å². The van der Waals surface area contributed by atoms with Crippen LogP contribution >= 0.6 is 0 Å². The van der Waals surface area contributed by atoms with Crippen molar-refractivity contribution < 1.29 is 27.4 Å². The van der Waals surface area contributed by atoms with Crippen LogP contribution in [0.25, 0.3) is 0 Å². The van der Waals surface area contributed by atoms with Crippen LogP contribution in [-0.2, 0) is 6.54 Å². The highest BCUT2D eigenvalue weighted by atomic mass is 19.4. The Morgan fingerprint density at radius 3 is 2.68 bits per heavy atom. The molecule has 1 aliphatic heterocycles. The molecule has 0 saturated heterocycles. The fraction of sp³-hybridized carbons (Fsp3) is 0.500. The molecular formula is C12H14F3NO3. The maximum atomic E-state index is 12.0. The average molecular weight is 277 g/mol. The van der Waals surface area contributed by atoms with Crippen LogP contribution in [0.1, 0.15) is 5.56 Å². The molecule has 106 valence electrons. The summed E-state index contributed by atoms with van der Waals surface area (Å²) in [5, 5.41) is 2.32. The zero-order chi connectivity index (χ0) is 13.9. The molecule has 0 saturated carbocycles. The van der Waals surface area contributed by atoms with Crippen molar-refractivity contribution in [2.75, 3.05) is 26.9 Å². The summed E-state index contributed by atoms with van der Waals surface area (Å²) in [6.07, 6.45) is -4.22. The Morgan fingerprint density at radius 2 is 2.00 bits per heavy atom. The fourth-order valence-corrected chi connectivity index (χ4v) is 1.78. The summed E-state index contributed by atoms with van der Waals surface area (Å²) in [7, 11) is 1.47. The van der Waals surface area contributed by atoms with Crippen LogP contribution < -0.4 is 19.5 Å². The van der Waals surface area contributed by atoms with Crippen molar-refractivity contribution >= 4 is 0 Å². The number of benzene rings is 1. The molecule has 0 amide bonds. The van der Waals surface area contributed by atoms with Gasteiger partial charge in [0.1, 0.15) is 13.2 Å². The summed E-state index contributed by atoms with van der Waals surface area (Å²) < 4.78 is 52.1. The van der Waals surface area contributed by atoms with E-state index in [9.17, 15) is 13.2 Å². The van der Waals surface area contributed by atoms with Crippen molar-refractivity contribution in [3.05, 3.63) is 17.7 Å². The molecule has 1 aromatic rings. The lowest BCUT2D eigenvalue weighted by Gasteiger charge is -2.21. The molecule has 0 unspecified atom stereocenters. The highest BCUT2D eigenvalue weighted by molar-refractivity contribution is 5.54. The fourth-order valence-electron chi connectivity index (χ4n) is 1.78. The van der Waals surface area contributed by atoms with E-state index in [1.807, 2.05) is 0 Å². The highest BCUT2D eigenvalue weighted by Gasteiger charge is 2.26. The molecule has 1 aliphatic rings. The molecule has 2 rings (SSSR count). The Bertz CT molecular complexity index is 431. The van der Waals surface area contributed by atoms with Crippen LogP contribution in [0, 0.1) is 0 Å². The van der Waals surface area contributed by atoms with E-state index in [1.165, 1.54) is 7.11 Å². The van der Waals surface area contributed by atoms with Crippen LogP contribution in [0.15, 0.2) is 12.1 Å². The minimum Gasteiger partial charge on any atom is -0.493 e. The summed E-state index contributed by atoms with van der Waals surface area (Å²) in [4.78, 5) is 0. The maximum Gasteiger partial charge on any atom is 0.401 e. The SMILES string of the molecule is COc1cc(CNCC(F)(F)F)cc2c1OCCO2. The van der Waals surface area contributed by atoms with E-state index in [1.54, 1.807) is 12.1 Å². The minimum atomic E-state index is -4.22. The molecular weight excluding hydrogens is 263 g/mol. The largest absolute Gasteiger partial charge is 0.493 e. The van der Waals surface area contributed by atoms with Crippen LogP contribution in [0.5, 0.6) is 17.2 Å². The normalized spacial score (nSPS) is 14.3. The van der Waals surface area contributed by atoms with E-state index in [4.69, 9.17) is 14.2 Å². The number of hydrogen-bond acceptors (Lipinski definition) is 4. The first-order valence-corrected chi connectivity index (χ1v) is 5.73. The van der Waals surface area contributed by atoms with Gasteiger partial charge in [0.05, 0.1) is 13.7 Å². The van der Waals surface area contributed by atoms with E-state index in [0.717, 1.165) is 0 Å². The van der Waals surface area contributed by atoms with Gasteiger partial charge in [0.25, 0.3) is 0 Å². The monoisotopic (exact) mass is 277 g/mol. The Hall–Kier alpha value is -1.63. The van der Waals surface area contributed by atoms with Crippen molar-refractivity contribution in [3.8, 4) is 17.2 Å². The Kier molecular flexibility index (Phi) is 4.04. The number of methoxy groups -OCH3 is 1. The third kappa shape index (κ3) is 3.66. The zero-order valence-electron chi connectivity index (χ0n) is 10.3. The standard InChI is InChI=1S/C12H14F3NO3/c1-17-9-4-8(6-16-7-12(13,14)15)5-10-11(9)19-3-2-18-10/h4-5,16H,2-3,6-7H2,1H3. The van der Waals surface area contributed by atoms with Crippen LogP contribution in [0.4, 0.5) is 13.2 Å². The van der Waals surface area contributed by atoms with Gasteiger partial charge in [-0.3, -0.25) is 0 Å². The molecule has 1 heterocycles. The third-order valence-electron chi connectivity index (χ3n) is 2.54. The second kappa shape index (κ2) is 5.56. The molecule has 7 heteroatoms. The Labute approximate surface area is 108 Å². The lowest BCUT2D eigenvalue weighted by Crippen LogP contribution is -2.28. The first-order chi connectivity index (χ1) is 8.99. The molecule has 4 nitrogen and oxygen atoms in total. The molecule has 0 aliphatic carbocycles.